The molecule has 1 heterocycles. The van der Waals surface area contributed by atoms with Gasteiger partial charge in [0.05, 0.1) is 17.7 Å². The molecular formula is C27H25N5O3. The fourth-order valence-corrected chi connectivity index (χ4v) is 3.85. The van der Waals surface area contributed by atoms with Gasteiger partial charge in [-0.05, 0) is 67.4 Å². The number of nitro groups is 1. The Bertz CT molecular complexity index is 1360. The minimum Gasteiger partial charge on any atom is -0.376 e. The summed E-state index contributed by atoms with van der Waals surface area (Å²) in [7, 11) is 0. The SMILES string of the molecule is Cc1cc(/C=N\NC(=O)CNc2ccccc2)c(C)n1-c1ccc(-c2ccc([N+](=O)[O-])cc2)cc1. The number of para-hydroxylation sites is 1. The molecule has 0 spiro atoms. The van der Waals surface area contributed by atoms with Gasteiger partial charge >= 0.3 is 0 Å². The lowest BCUT2D eigenvalue weighted by Gasteiger charge is -2.11. The average Bonchev–Trinajstić information content (AvgIpc) is 3.16. The van der Waals surface area contributed by atoms with Crippen molar-refractivity contribution in [3.8, 4) is 16.8 Å². The molecular weight excluding hydrogens is 442 g/mol. The second-order valence-electron chi connectivity index (χ2n) is 8.03. The van der Waals surface area contributed by atoms with Gasteiger partial charge in [-0.2, -0.15) is 5.10 Å². The normalized spacial score (nSPS) is 10.9. The number of carbonyl (C=O) groups excluding carboxylic acids is 1. The summed E-state index contributed by atoms with van der Waals surface area (Å²) in [6.45, 7) is 4.13. The topological polar surface area (TPSA) is 102 Å². The molecule has 0 aliphatic rings. The van der Waals surface area contributed by atoms with E-state index in [0.29, 0.717) is 0 Å². The van der Waals surface area contributed by atoms with Gasteiger partial charge in [0.25, 0.3) is 11.6 Å². The Morgan fingerprint density at radius 2 is 1.60 bits per heavy atom. The van der Waals surface area contributed by atoms with E-state index in [1.54, 1.807) is 18.3 Å². The summed E-state index contributed by atoms with van der Waals surface area (Å²) in [4.78, 5) is 22.5. The van der Waals surface area contributed by atoms with Crippen molar-refractivity contribution in [1.29, 1.82) is 0 Å². The number of carbonyl (C=O) groups is 1. The lowest BCUT2D eigenvalue weighted by Crippen LogP contribution is -2.25. The van der Waals surface area contributed by atoms with Crippen LogP contribution in [0.1, 0.15) is 17.0 Å². The van der Waals surface area contributed by atoms with Crippen LogP contribution in [0.3, 0.4) is 0 Å². The molecule has 176 valence electrons. The summed E-state index contributed by atoms with van der Waals surface area (Å²) in [5, 5.41) is 18.0. The van der Waals surface area contributed by atoms with Crippen molar-refractivity contribution in [3.05, 3.63) is 112 Å². The highest BCUT2D eigenvalue weighted by molar-refractivity contribution is 5.85. The second kappa shape index (κ2) is 10.5. The molecule has 0 fully saturated rings. The number of hydrazone groups is 1. The molecule has 0 saturated carbocycles. The molecule has 0 atom stereocenters. The standard InChI is InChI=1S/C27H25N5O3/c1-19-16-23(17-29-30-27(33)18-28-24-6-4-3-5-7-24)20(2)31(19)25-12-8-21(9-13-25)22-10-14-26(15-11-22)32(34)35/h3-17,28H,18H2,1-2H3,(H,30,33)/b29-17-. The number of hydrogen-bond donors (Lipinski definition) is 2. The number of nitrogens with one attached hydrogen (secondary N) is 2. The van der Waals surface area contributed by atoms with Gasteiger partial charge in [-0.3, -0.25) is 14.9 Å². The summed E-state index contributed by atoms with van der Waals surface area (Å²) < 4.78 is 2.11. The van der Waals surface area contributed by atoms with E-state index in [0.717, 1.165) is 39.5 Å². The summed E-state index contributed by atoms with van der Waals surface area (Å²) in [5.74, 6) is -0.235. The van der Waals surface area contributed by atoms with Gasteiger partial charge in [-0.15, -0.1) is 0 Å². The van der Waals surface area contributed by atoms with Crippen LogP contribution in [0.15, 0.2) is 90.0 Å². The Kier molecular flexibility index (Phi) is 7.02. The van der Waals surface area contributed by atoms with Gasteiger partial charge in [0.1, 0.15) is 0 Å². The van der Waals surface area contributed by atoms with E-state index in [9.17, 15) is 14.9 Å². The summed E-state index contributed by atoms with van der Waals surface area (Å²) in [6.07, 6.45) is 1.64. The molecule has 3 aromatic carbocycles. The number of amides is 1. The predicted octanol–water partition coefficient (Wildman–Crippen LogP) is 5.23. The molecule has 0 bridgehead atoms. The number of hydrogen-bond acceptors (Lipinski definition) is 5. The zero-order valence-electron chi connectivity index (χ0n) is 19.4. The number of nitrogens with zero attached hydrogens (tertiary/aromatic N) is 3. The predicted molar refractivity (Wildman–Crippen MR) is 138 cm³/mol. The number of aromatic nitrogens is 1. The number of anilines is 1. The van der Waals surface area contributed by atoms with E-state index >= 15 is 0 Å². The fourth-order valence-electron chi connectivity index (χ4n) is 3.85. The fraction of sp³-hybridized carbons (Fsp3) is 0.111. The third-order valence-electron chi connectivity index (χ3n) is 5.63. The maximum Gasteiger partial charge on any atom is 0.269 e. The molecule has 4 aromatic rings. The molecule has 1 amide bonds. The van der Waals surface area contributed by atoms with E-state index in [1.165, 1.54) is 12.1 Å². The van der Waals surface area contributed by atoms with Gasteiger partial charge in [0, 0.05) is 40.5 Å². The highest BCUT2D eigenvalue weighted by Crippen LogP contribution is 2.25. The quantitative estimate of drug-likeness (QED) is 0.210. The minimum atomic E-state index is -0.404. The average molecular weight is 468 g/mol. The van der Waals surface area contributed by atoms with Crippen molar-refractivity contribution in [1.82, 2.24) is 9.99 Å². The van der Waals surface area contributed by atoms with Gasteiger partial charge in [-0.1, -0.05) is 30.3 Å². The number of rotatable bonds is 8. The van der Waals surface area contributed by atoms with Gasteiger partial charge < -0.3 is 9.88 Å². The van der Waals surface area contributed by atoms with Gasteiger partial charge in [-0.25, -0.2) is 5.43 Å². The largest absolute Gasteiger partial charge is 0.376 e. The zero-order valence-corrected chi connectivity index (χ0v) is 19.4. The number of nitro benzene ring substituents is 1. The molecule has 35 heavy (non-hydrogen) atoms. The van der Waals surface area contributed by atoms with Crippen LogP contribution in [0.2, 0.25) is 0 Å². The number of non-ortho nitro benzene ring substituents is 1. The summed E-state index contributed by atoms with van der Waals surface area (Å²) >= 11 is 0. The van der Waals surface area contributed by atoms with Crippen LogP contribution in [0.4, 0.5) is 11.4 Å². The van der Waals surface area contributed by atoms with Crippen molar-refractivity contribution >= 4 is 23.5 Å². The number of aryl methyl sites for hydroxylation is 1. The van der Waals surface area contributed by atoms with E-state index in [4.69, 9.17) is 0 Å². The highest BCUT2D eigenvalue weighted by Gasteiger charge is 2.11. The van der Waals surface area contributed by atoms with Crippen LogP contribution in [0.5, 0.6) is 0 Å². The molecule has 8 nitrogen and oxygen atoms in total. The van der Waals surface area contributed by atoms with E-state index in [2.05, 4.69) is 20.4 Å². The molecule has 8 heteroatoms. The van der Waals surface area contributed by atoms with Crippen molar-refractivity contribution < 1.29 is 9.72 Å². The molecule has 4 rings (SSSR count). The minimum absolute atomic E-state index is 0.0711. The zero-order chi connectivity index (χ0) is 24.8. The van der Waals surface area contributed by atoms with Crippen LogP contribution in [0, 0.1) is 24.0 Å². The van der Waals surface area contributed by atoms with Crippen molar-refractivity contribution in [2.75, 3.05) is 11.9 Å². The monoisotopic (exact) mass is 467 g/mol. The molecule has 0 unspecified atom stereocenters. The van der Waals surface area contributed by atoms with Crippen molar-refractivity contribution in [3.63, 3.8) is 0 Å². The maximum atomic E-state index is 12.1. The Morgan fingerprint density at radius 3 is 2.23 bits per heavy atom. The number of benzene rings is 3. The molecule has 0 aliphatic heterocycles. The van der Waals surface area contributed by atoms with Crippen LogP contribution in [0.25, 0.3) is 16.8 Å². The van der Waals surface area contributed by atoms with Crippen molar-refractivity contribution in [2.24, 2.45) is 5.10 Å². The summed E-state index contributed by atoms with van der Waals surface area (Å²) in [5.41, 5.74) is 9.29. The molecule has 1 aromatic heterocycles. The second-order valence-corrected chi connectivity index (χ2v) is 8.03. The van der Waals surface area contributed by atoms with Crippen LogP contribution in [-0.4, -0.2) is 28.2 Å². The van der Waals surface area contributed by atoms with E-state index in [1.807, 2.05) is 74.5 Å². The lowest BCUT2D eigenvalue weighted by molar-refractivity contribution is -0.384. The van der Waals surface area contributed by atoms with Crippen LogP contribution in [-0.2, 0) is 4.79 Å². The van der Waals surface area contributed by atoms with E-state index in [-0.39, 0.29) is 18.1 Å². The Labute approximate surface area is 203 Å². The molecule has 0 saturated heterocycles. The molecule has 0 radical (unpaired) electrons. The Morgan fingerprint density at radius 1 is 0.971 bits per heavy atom. The van der Waals surface area contributed by atoms with Crippen molar-refractivity contribution in [2.45, 2.75) is 13.8 Å². The smallest absolute Gasteiger partial charge is 0.269 e. The van der Waals surface area contributed by atoms with Gasteiger partial charge in [0.2, 0.25) is 0 Å². The first kappa shape index (κ1) is 23.4. The Balaban J connectivity index is 1.42. The maximum absolute atomic E-state index is 12.1. The first-order valence-corrected chi connectivity index (χ1v) is 11.1. The molecule has 2 N–H and O–H groups in total. The lowest BCUT2D eigenvalue weighted by atomic mass is 10.0. The van der Waals surface area contributed by atoms with E-state index < -0.39 is 4.92 Å². The summed E-state index contributed by atoms with van der Waals surface area (Å²) in [6, 6.07) is 26.0. The van der Waals surface area contributed by atoms with Crippen LogP contribution < -0.4 is 10.7 Å². The third-order valence-corrected chi connectivity index (χ3v) is 5.63. The highest BCUT2D eigenvalue weighted by atomic mass is 16.6. The molecule has 0 aliphatic carbocycles. The Hall–Kier alpha value is -4.72. The third kappa shape index (κ3) is 5.62. The van der Waals surface area contributed by atoms with Gasteiger partial charge in [0.15, 0.2) is 0 Å². The first-order chi connectivity index (χ1) is 16.9. The first-order valence-electron chi connectivity index (χ1n) is 11.1. The van der Waals surface area contributed by atoms with Crippen LogP contribution >= 0.6 is 0 Å².